The third-order valence-corrected chi connectivity index (χ3v) is 4.67. The molecule has 0 fully saturated rings. The fourth-order valence-electron chi connectivity index (χ4n) is 2.23. The zero-order valence-corrected chi connectivity index (χ0v) is 15.4. The van der Waals surface area contributed by atoms with E-state index in [4.69, 9.17) is 19.1 Å². The van der Waals surface area contributed by atoms with E-state index in [1.807, 2.05) is 25.1 Å². The summed E-state index contributed by atoms with van der Waals surface area (Å²) in [6.45, 7) is 2.19. The number of hydrogen-bond donors (Lipinski definition) is 2. The Hall–Kier alpha value is -2.13. The van der Waals surface area contributed by atoms with E-state index in [0.29, 0.717) is 18.6 Å². The molecule has 9 heteroatoms. The van der Waals surface area contributed by atoms with Crippen molar-refractivity contribution in [1.29, 1.82) is 0 Å². The van der Waals surface area contributed by atoms with Crippen molar-refractivity contribution in [3.05, 3.63) is 30.3 Å². The summed E-state index contributed by atoms with van der Waals surface area (Å²) in [4.78, 5) is 22.8. The van der Waals surface area contributed by atoms with Gasteiger partial charge in [0.1, 0.15) is 11.9 Å². The third kappa shape index (κ3) is 8.30. The van der Waals surface area contributed by atoms with Gasteiger partial charge < -0.3 is 14.6 Å². The zero-order valence-electron chi connectivity index (χ0n) is 14.5. The number of carbonyl (C=O) groups excluding carboxylic acids is 1. The van der Waals surface area contributed by atoms with Crippen molar-refractivity contribution >= 4 is 22.1 Å². The molecule has 1 aromatic rings. The summed E-state index contributed by atoms with van der Waals surface area (Å²) in [6, 6.07) is 9.01. The molecule has 2 unspecified atom stereocenters. The predicted molar refractivity (Wildman–Crippen MR) is 93.5 cm³/mol. The Balaban J connectivity index is 2.68. The summed E-state index contributed by atoms with van der Waals surface area (Å²) in [5.74, 6) is -2.15. The number of aliphatic carboxylic acids is 1. The first-order valence-corrected chi connectivity index (χ1v) is 9.80. The van der Waals surface area contributed by atoms with Crippen LogP contribution in [-0.4, -0.2) is 48.0 Å². The Morgan fingerprint density at radius 3 is 2.35 bits per heavy atom. The SMILES string of the molecule is CCCCC(CCOc1ccccc1)OC(=O)C(CC(=O)O)S(=O)(=O)O. The number of ether oxygens (including phenoxy) is 2. The van der Waals surface area contributed by atoms with Crippen LogP contribution in [0.2, 0.25) is 0 Å². The number of esters is 1. The second-order valence-electron chi connectivity index (χ2n) is 5.75. The molecule has 0 radical (unpaired) electrons. The number of benzene rings is 1. The first-order chi connectivity index (χ1) is 12.2. The van der Waals surface area contributed by atoms with E-state index < -0.39 is 39.8 Å². The first-order valence-electron chi connectivity index (χ1n) is 8.30. The molecular formula is C17H24O8S. The maximum atomic E-state index is 12.1. The minimum atomic E-state index is -4.88. The lowest BCUT2D eigenvalue weighted by molar-refractivity contribution is -0.152. The zero-order chi connectivity index (χ0) is 19.6. The van der Waals surface area contributed by atoms with E-state index in [9.17, 15) is 18.0 Å². The van der Waals surface area contributed by atoms with Crippen molar-refractivity contribution in [2.24, 2.45) is 0 Å². The van der Waals surface area contributed by atoms with E-state index >= 15 is 0 Å². The second kappa shape index (κ2) is 10.8. The highest BCUT2D eigenvalue weighted by Gasteiger charge is 2.36. The van der Waals surface area contributed by atoms with Gasteiger partial charge >= 0.3 is 11.9 Å². The number of para-hydroxylation sites is 1. The maximum Gasteiger partial charge on any atom is 0.327 e. The van der Waals surface area contributed by atoms with Crippen LogP contribution in [0.5, 0.6) is 5.75 Å². The van der Waals surface area contributed by atoms with Gasteiger partial charge in [0.25, 0.3) is 10.1 Å². The van der Waals surface area contributed by atoms with E-state index in [1.165, 1.54) is 0 Å². The largest absolute Gasteiger partial charge is 0.493 e. The van der Waals surface area contributed by atoms with E-state index in [0.717, 1.165) is 12.8 Å². The molecule has 0 amide bonds. The molecule has 0 aliphatic rings. The van der Waals surface area contributed by atoms with Crippen molar-refractivity contribution in [2.45, 2.75) is 50.4 Å². The standard InChI is InChI=1S/C17H24O8S/c1-2-3-7-14(10-11-24-13-8-5-4-6-9-13)25-17(20)15(12-16(18)19)26(21,22)23/h4-6,8-9,14-15H,2-3,7,10-12H2,1H3,(H,18,19)(H,21,22,23). The highest BCUT2D eigenvalue weighted by molar-refractivity contribution is 7.87. The van der Waals surface area contributed by atoms with Gasteiger partial charge in [-0.15, -0.1) is 0 Å². The fourth-order valence-corrected chi connectivity index (χ4v) is 2.88. The molecule has 2 N–H and O–H groups in total. The minimum Gasteiger partial charge on any atom is -0.493 e. The van der Waals surface area contributed by atoms with Crippen molar-refractivity contribution < 1.29 is 37.1 Å². The van der Waals surface area contributed by atoms with Crippen molar-refractivity contribution in [2.75, 3.05) is 6.61 Å². The highest BCUT2D eigenvalue weighted by Crippen LogP contribution is 2.16. The molecule has 146 valence electrons. The number of unbranched alkanes of at least 4 members (excludes halogenated alkanes) is 1. The lowest BCUT2D eigenvalue weighted by Crippen LogP contribution is -2.36. The molecule has 1 aromatic carbocycles. The lowest BCUT2D eigenvalue weighted by atomic mass is 10.1. The van der Waals surface area contributed by atoms with Gasteiger partial charge in [0, 0.05) is 6.42 Å². The van der Waals surface area contributed by atoms with Crippen LogP contribution in [-0.2, 0) is 24.4 Å². The molecule has 0 aliphatic carbocycles. The third-order valence-electron chi connectivity index (χ3n) is 3.60. The fraction of sp³-hybridized carbons (Fsp3) is 0.529. The molecule has 0 heterocycles. The van der Waals surface area contributed by atoms with Crippen LogP contribution in [0.15, 0.2) is 30.3 Å². The first kappa shape index (κ1) is 21.9. The van der Waals surface area contributed by atoms with Crippen LogP contribution >= 0.6 is 0 Å². The van der Waals surface area contributed by atoms with Gasteiger partial charge in [0.15, 0.2) is 5.25 Å². The van der Waals surface area contributed by atoms with E-state index in [1.54, 1.807) is 12.1 Å². The normalized spacial score (nSPS) is 13.6. The van der Waals surface area contributed by atoms with Crippen LogP contribution in [0.3, 0.4) is 0 Å². The summed E-state index contributed by atoms with van der Waals surface area (Å²) in [5, 5.41) is 6.60. The van der Waals surface area contributed by atoms with Gasteiger partial charge in [-0.1, -0.05) is 38.0 Å². The number of carboxylic acid groups (broad SMARTS) is 1. The van der Waals surface area contributed by atoms with Gasteiger partial charge in [-0.2, -0.15) is 8.42 Å². The Labute approximate surface area is 152 Å². The van der Waals surface area contributed by atoms with E-state index in [2.05, 4.69) is 0 Å². The number of carboxylic acids is 1. The van der Waals surface area contributed by atoms with Gasteiger partial charge in [-0.3, -0.25) is 14.1 Å². The van der Waals surface area contributed by atoms with Crippen LogP contribution in [0.25, 0.3) is 0 Å². The minimum absolute atomic E-state index is 0.237. The Bertz CT molecular complexity index is 671. The average molecular weight is 388 g/mol. The monoisotopic (exact) mass is 388 g/mol. The average Bonchev–Trinajstić information content (AvgIpc) is 2.57. The molecule has 0 aromatic heterocycles. The predicted octanol–water partition coefficient (Wildman–Crippen LogP) is 2.29. The summed E-state index contributed by atoms with van der Waals surface area (Å²) in [5.41, 5.74) is 0. The van der Waals surface area contributed by atoms with Crippen LogP contribution in [0, 0.1) is 0 Å². The molecule has 1 rings (SSSR count). The van der Waals surface area contributed by atoms with E-state index in [-0.39, 0.29) is 6.61 Å². The molecule has 2 atom stereocenters. The second-order valence-corrected chi connectivity index (χ2v) is 7.35. The summed E-state index contributed by atoms with van der Waals surface area (Å²) < 4.78 is 42.3. The number of hydrogen-bond acceptors (Lipinski definition) is 6. The molecule has 8 nitrogen and oxygen atoms in total. The summed E-state index contributed by atoms with van der Waals surface area (Å²) >= 11 is 0. The lowest BCUT2D eigenvalue weighted by Gasteiger charge is -2.20. The molecule has 0 saturated carbocycles. The Morgan fingerprint density at radius 1 is 1.15 bits per heavy atom. The summed E-state index contributed by atoms with van der Waals surface area (Å²) in [7, 11) is -4.88. The van der Waals surface area contributed by atoms with Gasteiger partial charge in [0.05, 0.1) is 13.0 Å². The van der Waals surface area contributed by atoms with Gasteiger partial charge in [-0.25, -0.2) is 0 Å². The molecular weight excluding hydrogens is 364 g/mol. The highest BCUT2D eigenvalue weighted by atomic mass is 32.2. The molecule has 0 spiro atoms. The van der Waals surface area contributed by atoms with Crippen LogP contribution < -0.4 is 4.74 Å². The van der Waals surface area contributed by atoms with Crippen molar-refractivity contribution in [1.82, 2.24) is 0 Å². The smallest absolute Gasteiger partial charge is 0.327 e. The summed E-state index contributed by atoms with van der Waals surface area (Å²) in [6.07, 6.45) is 0.670. The quantitative estimate of drug-likeness (QED) is 0.412. The molecule has 26 heavy (non-hydrogen) atoms. The topological polar surface area (TPSA) is 127 Å². The number of carbonyl (C=O) groups is 2. The number of rotatable bonds is 12. The molecule has 0 saturated heterocycles. The Kier molecular flexibility index (Phi) is 9.08. The maximum absolute atomic E-state index is 12.1. The van der Waals surface area contributed by atoms with Crippen LogP contribution in [0.1, 0.15) is 39.0 Å². The Morgan fingerprint density at radius 2 is 1.81 bits per heavy atom. The van der Waals surface area contributed by atoms with Gasteiger partial charge in [-0.05, 0) is 18.6 Å². The molecule has 0 aliphatic heterocycles. The van der Waals surface area contributed by atoms with Crippen molar-refractivity contribution in [3.63, 3.8) is 0 Å². The molecule has 0 bridgehead atoms. The van der Waals surface area contributed by atoms with Crippen molar-refractivity contribution in [3.8, 4) is 5.75 Å². The van der Waals surface area contributed by atoms with Gasteiger partial charge in [0.2, 0.25) is 0 Å². The van der Waals surface area contributed by atoms with Crippen LogP contribution in [0.4, 0.5) is 0 Å².